The van der Waals surface area contributed by atoms with Crippen LogP contribution in [0.15, 0.2) is 170 Å². The van der Waals surface area contributed by atoms with Crippen LogP contribution in [0, 0.1) is 11.8 Å². The van der Waals surface area contributed by atoms with Gasteiger partial charge >= 0.3 is 0 Å². The molecule has 0 bridgehead atoms. The summed E-state index contributed by atoms with van der Waals surface area (Å²) >= 11 is 0. The van der Waals surface area contributed by atoms with Crippen LogP contribution in [0.1, 0.15) is 5.56 Å². The van der Waals surface area contributed by atoms with Crippen molar-refractivity contribution >= 4 is 48.7 Å². The molecule has 7 aromatic rings. The lowest BCUT2D eigenvalue weighted by atomic mass is 9.78. The highest BCUT2D eigenvalue weighted by Crippen LogP contribution is 2.45. The average Bonchev–Trinajstić information content (AvgIpc) is 3.09. The van der Waals surface area contributed by atoms with E-state index in [2.05, 4.69) is 170 Å². The minimum atomic E-state index is 0.360. The van der Waals surface area contributed by atoms with Crippen molar-refractivity contribution in [1.29, 1.82) is 0 Å². The van der Waals surface area contributed by atoms with Crippen LogP contribution in [-0.4, -0.2) is 0 Å². The minimum absolute atomic E-state index is 0.360. The Hall–Kier alpha value is -5.46. The SMILES string of the molecule is C1=CC2C=CC(c3c4cccc(-c5ccc6ccccc6c5)c4cc4cccc(-c5cccc6ccccc56)c34)=CC2C=C1. The molecule has 0 heterocycles. The highest BCUT2D eigenvalue weighted by molar-refractivity contribution is 6.19. The number of hydrogen-bond donors (Lipinski definition) is 0. The Morgan fingerprint density at radius 2 is 1.09 bits per heavy atom. The van der Waals surface area contributed by atoms with E-state index in [1.165, 1.54) is 76.5 Å². The van der Waals surface area contributed by atoms with Crippen LogP contribution in [0.4, 0.5) is 0 Å². The van der Waals surface area contributed by atoms with E-state index in [0.29, 0.717) is 11.8 Å². The van der Waals surface area contributed by atoms with Crippen LogP contribution < -0.4 is 0 Å². The molecule has 0 fully saturated rings. The zero-order valence-corrected chi connectivity index (χ0v) is 24.3. The van der Waals surface area contributed by atoms with Crippen LogP contribution in [-0.2, 0) is 0 Å². The molecule has 2 aliphatic carbocycles. The predicted molar refractivity (Wildman–Crippen MR) is 190 cm³/mol. The molecule has 9 rings (SSSR count). The maximum Gasteiger partial charge on any atom is 0.00567 e. The normalized spacial score (nSPS) is 17.4. The zero-order valence-electron chi connectivity index (χ0n) is 24.3. The molecule has 7 aromatic carbocycles. The maximum absolute atomic E-state index is 2.49. The third-order valence-corrected chi connectivity index (χ3v) is 9.54. The van der Waals surface area contributed by atoms with Gasteiger partial charge in [-0.1, -0.05) is 158 Å². The van der Waals surface area contributed by atoms with Gasteiger partial charge in [0, 0.05) is 11.8 Å². The lowest BCUT2D eigenvalue weighted by molar-refractivity contribution is 0.663. The van der Waals surface area contributed by atoms with E-state index in [-0.39, 0.29) is 0 Å². The van der Waals surface area contributed by atoms with Crippen molar-refractivity contribution < 1.29 is 0 Å². The van der Waals surface area contributed by atoms with Gasteiger partial charge < -0.3 is 0 Å². The Labute approximate surface area is 257 Å². The van der Waals surface area contributed by atoms with Gasteiger partial charge in [0.25, 0.3) is 0 Å². The van der Waals surface area contributed by atoms with E-state index in [9.17, 15) is 0 Å². The van der Waals surface area contributed by atoms with Crippen molar-refractivity contribution in [1.82, 2.24) is 0 Å². The molecule has 2 unspecified atom stereocenters. The molecule has 0 N–H and O–H groups in total. The largest absolute Gasteiger partial charge is 0.0767 e. The van der Waals surface area contributed by atoms with Gasteiger partial charge in [0.15, 0.2) is 0 Å². The average molecular weight is 559 g/mol. The van der Waals surface area contributed by atoms with Crippen LogP contribution in [0.25, 0.3) is 70.9 Å². The zero-order chi connectivity index (χ0) is 29.0. The van der Waals surface area contributed by atoms with Crippen molar-refractivity contribution in [3.8, 4) is 22.3 Å². The summed E-state index contributed by atoms with van der Waals surface area (Å²) in [6.07, 6.45) is 16.3. The maximum atomic E-state index is 2.49. The third kappa shape index (κ3) is 3.99. The quantitative estimate of drug-likeness (QED) is 0.189. The molecule has 0 nitrogen and oxygen atoms in total. The molecule has 0 aliphatic heterocycles. The summed E-state index contributed by atoms with van der Waals surface area (Å²) in [6.45, 7) is 0. The van der Waals surface area contributed by atoms with Gasteiger partial charge in [0.05, 0.1) is 0 Å². The summed E-state index contributed by atoms with van der Waals surface area (Å²) in [5, 5.41) is 10.2. The van der Waals surface area contributed by atoms with Gasteiger partial charge in [0.2, 0.25) is 0 Å². The number of rotatable bonds is 3. The Balaban J connectivity index is 1.38. The van der Waals surface area contributed by atoms with Gasteiger partial charge in [-0.3, -0.25) is 0 Å². The summed E-state index contributed by atoms with van der Waals surface area (Å²) < 4.78 is 0. The Kier molecular flexibility index (Phi) is 5.74. The van der Waals surface area contributed by atoms with Crippen LogP contribution in [0.2, 0.25) is 0 Å². The molecule has 206 valence electrons. The molecule has 0 radical (unpaired) electrons. The summed E-state index contributed by atoms with van der Waals surface area (Å²) in [7, 11) is 0. The molecular weight excluding hydrogens is 528 g/mol. The lowest BCUT2D eigenvalue weighted by Gasteiger charge is -2.25. The first-order valence-electron chi connectivity index (χ1n) is 15.5. The summed E-state index contributed by atoms with van der Waals surface area (Å²) in [6, 6.07) is 47.0. The molecule has 2 aliphatic rings. The van der Waals surface area contributed by atoms with Gasteiger partial charge in [-0.05, 0) is 88.6 Å². The summed E-state index contributed by atoms with van der Waals surface area (Å²) in [4.78, 5) is 0. The second-order valence-electron chi connectivity index (χ2n) is 12.1. The third-order valence-electron chi connectivity index (χ3n) is 9.54. The first-order chi connectivity index (χ1) is 21.8. The first kappa shape index (κ1) is 25.1. The van der Waals surface area contributed by atoms with Gasteiger partial charge in [-0.2, -0.15) is 0 Å². The molecule has 0 saturated carbocycles. The minimum Gasteiger partial charge on any atom is -0.0767 e. The van der Waals surface area contributed by atoms with Crippen molar-refractivity contribution in [2.45, 2.75) is 0 Å². The van der Waals surface area contributed by atoms with Crippen molar-refractivity contribution in [3.63, 3.8) is 0 Å². The molecule has 2 atom stereocenters. The van der Waals surface area contributed by atoms with E-state index < -0.39 is 0 Å². The van der Waals surface area contributed by atoms with Gasteiger partial charge in [-0.25, -0.2) is 0 Å². The van der Waals surface area contributed by atoms with E-state index in [0.717, 1.165) is 0 Å². The summed E-state index contributed by atoms with van der Waals surface area (Å²) in [5.41, 5.74) is 7.69. The fourth-order valence-electron chi connectivity index (χ4n) is 7.44. The highest BCUT2D eigenvalue weighted by Gasteiger charge is 2.23. The second kappa shape index (κ2) is 10.1. The molecular formula is C44H30. The van der Waals surface area contributed by atoms with Crippen molar-refractivity contribution in [2.75, 3.05) is 0 Å². The van der Waals surface area contributed by atoms with E-state index >= 15 is 0 Å². The topological polar surface area (TPSA) is 0 Å². The van der Waals surface area contributed by atoms with Gasteiger partial charge in [-0.15, -0.1) is 0 Å². The number of hydrogen-bond acceptors (Lipinski definition) is 0. The van der Waals surface area contributed by atoms with Crippen LogP contribution in [0.3, 0.4) is 0 Å². The molecule has 0 heteroatoms. The smallest absolute Gasteiger partial charge is 0.00567 e. The van der Waals surface area contributed by atoms with E-state index in [1.807, 2.05) is 0 Å². The summed E-state index contributed by atoms with van der Waals surface area (Å²) in [5.74, 6) is 0.773. The fourth-order valence-corrected chi connectivity index (χ4v) is 7.44. The standard InChI is InChI=1S/C44H30/c1-3-13-32-26-34(24-22-29(32)10-1)38-18-9-21-41-42(38)28-35-16-8-20-40(39-19-7-15-31-12-5-6-17-37(31)39)43(35)44(41)36-25-23-30-11-2-4-14-33(30)27-36/h1-28,30,33H. The number of fused-ring (bicyclic) bond motifs is 5. The van der Waals surface area contributed by atoms with Gasteiger partial charge in [0.1, 0.15) is 0 Å². The molecule has 0 spiro atoms. The lowest BCUT2D eigenvalue weighted by Crippen LogP contribution is -2.11. The number of benzene rings is 7. The molecule has 44 heavy (non-hydrogen) atoms. The second-order valence-corrected chi connectivity index (χ2v) is 12.1. The fraction of sp³-hybridized carbons (Fsp3) is 0.0455. The Morgan fingerprint density at radius 3 is 2.00 bits per heavy atom. The molecule has 0 aromatic heterocycles. The highest BCUT2D eigenvalue weighted by atomic mass is 14.3. The van der Waals surface area contributed by atoms with Crippen LogP contribution >= 0.6 is 0 Å². The predicted octanol–water partition coefficient (Wildman–Crippen LogP) is 11.9. The Bertz CT molecular complexity index is 2390. The van der Waals surface area contributed by atoms with Crippen molar-refractivity contribution in [2.24, 2.45) is 11.8 Å². The van der Waals surface area contributed by atoms with Crippen LogP contribution in [0.5, 0.6) is 0 Å². The van der Waals surface area contributed by atoms with Crippen molar-refractivity contribution in [3.05, 3.63) is 175 Å². The first-order valence-corrected chi connectivity index (χ1v) is 15.5. The number of allylic oxidation sites excluding steroid dienone is 8. The monoisotopic (exact) mass is 558 g/mol. The molecule has 0 saturated heterocycles. The Morgan fingerprint density at radius 1 is 0.409 bits per heavy atom. The van der Waals surface area contributed by atoms with E-state index in [4.69, 9.17) is 0 Å². The molecule has 0 amide bonds. The van der Waals surface area contributed by atoms with E-state index in [1.54, 1.807) is 0 Å².